The molecule has 0 aliphatic carbocycles. The van der Waals surface area contributed by atoms with Crippen LogP contribution in [0.25, 0.3) is 0 Å². The van der Waals surface area contributed by atoms with Gasteiger partial charge in [0.25, 0.3) is 0 Å². The van der Waals surface area contributed by atoms with E-state index in [0.717, 1.165) is 0 Å². The van der Waals surface area contributed by atoms with Crippen LogP contribution in [0.2, 0.25) is 0 Å². The summed E-state index contributed by atoms with van der Waals surface area (Å²) < 4.78 is 0.507. The van der Waals surface area contributed by atoms with E-state index < -0.39 is 0 Å². The summed E-state index contributed by atoms with van der Waals surface area (Å²) in [7, 11) is -0.370. The van der Waals surface area contributed by atoms with Crippen molar-refractivity contribution in [2.24, 2.45) is 0 Å². The Bertz CT molecular complexity index is 63.5. The van der Waals surface area contributed by atoms with Crippen LogP contribution in [0, 0.1) is 0 Å². The first-order chi connectivity index (χ1) is 3.25. The molecule has 0 bridgehead atoms. The van der Waals surface area contributed by atoms with Crippen molar-refractivity contribution in [1.29, 1.82) is 0 Å². The number of hydrogen-bond donors (Lipinski definition) is 0. The average Bonchev–Trinajstić information content (AvgIpc) is 1.25. The maximum absolute atomic E-state index is 2.57. The number of rotatable bonds is 0. The van der Waals surface area contributed by atoms with Crippen molar-refractivity contribution in [2.75, 3.05) is 12.5 Å². The van der Waals surface area contributed by atoms with E-state index in [4.69, 9.17) is 0 Å². The average molecular weight is 246 g/mol. The van der Waals surface area contributed by atoms with E-state index >= 15 is 0 Å². The molecule has 0 rings (SSSR count). The first kappa shape index (κ1) is 9.08. The maximum atomic E-state index is 2.57. The van der Waals surface area contributed by atoms with Crippen molar-refractivity contribution >= 4 is 28.4 Å². The van der Waals surface area contributed by atoms with Gasteiger partial charge in [0, 0.05) is 0 Å². The Morgan fingerprint density at radius 1 is 1.12 bits per heavy atom. The summed E-state index contributed by atoms with van der Waals surface area (Å²) in [6, 6.07) is 0. The van der Waals surface area contributed by atoms with Crippen molar-refractivity contribution in [2.45, 2.75) is 25.5 Å². The van der Waals surface area contributed by atoms with E-state index in [1.54, 1.807) is 0 Å². The quantitative estimate of drug-likeness (QED) is 0.576. The third-order valence-electron chi connectivity index (χ3n) is 1.46. The molecule has 0 aliphatic rings. The molecule has 2 heteroatoms. The molecule has 0 aliphatic heterocycles. The lowest BCUT2D eigenvalue weighted by Gasteiger charge is -2.38. The molecule has 0 radical (unpaired) electrons. The second kappa shape index (κ2) is 2.37. The molecule has 0 saturated heterocycles. The predicted octanol–water partition coefficient (Wildman–Crippen LogP) is 3.20. The Morgan fingerprint density at radius 2 is 1.25 bits per heavy atom. The zero-order valence-electron chi connectivity index (χ0n) is 6.29. The maximum Gasteiger partial charge on any atom is -0.000582 e. The Morgan fingerprint density at radius 3 is 1.25 bits per heavy atom. The highest BCUT2D eigenvalue weighted by Gasteiger charge is 2.23. The van der Waals surface area contributed by atoms with Gasteiger partial charge in [0.2, 0.25) is 0 Å². The topological polar surface area (TPSA) is 0 Å². The molecule has 0 N–H and O–H groups in total. The third kappa shape index (κ3) is 2.58. The van der Waals surface area contributed by atoms with Gasteiger partial charge in [-0.05, 0) is 38.5 Å². The highest BCUT2D eigenvalue weighted by atomic mass is 127. The summed E-state index contributed by atoms with van der Waals surface area (Å²) in [5.41, 5.74) is 0. The smallest absolute Gasteiger partial charge is 0.000582 e. The number of hydrogen-bond acceptors (Lipinski definition) is 0. The Balaban J connectivity index is 4.02. The summed E-state index contributed by atoms with van der Waals surface area (Å²) in [5, 5.41) is 0. The molecule has 0 spiro atoms. The molecule has 0 aromatic heterocycles. The van der Waals surface area contributed by atoms with Gasteiger partial charge in [-0.3, -0.25) is 0 Å². The molecule has 0 atom stereocenters. The molecule has 0 saturated carbocycles. The standard InChI is InChI=1S/C6H15IS/c1-6(2,3)8(4,5)7/h1-5H3. The monoisotopic (exact) mass is 246 g/mol. The van der Waals surface area contributed by atoms with Crippen molar-refractivity contribution in [1.82, 2.24) is 0 Å². The Hall–Kier alpha value is 1.08. The Labute approximate surface area is 66.3 Å². The van der Waals surface area contributed by atoms with Crippen LogP contribution in [0.4, 0.5) is 0 Å². The van der Waals surface area contributed by atoms with Gasteiger partial charge in [0.05, 0.1) is 0 Å². The number of halogens is 1. The summed E-state index contributed by atoms with van der Waals surface area (Å²) in [6.07, 6.45) is 4.68. The zero-order chi connectivity index (χ0) is 7.00. The second-order valence-electron chi connectivity index (χ2n) is 3.31. The van der Waals surface area contributed by atoms with Gasteiger partial charge in [-0.1, -0.05) is 20.8 Å². The molecular formula is C6H15IS. The molecule has 0 nitrogen and oxygen atoms in total. The van der Waals surface area contributed by atoms with Crippen molar-refractivity contribution in [3.05, 3.63) is 0 Å². The molecule has 0 aromatic rings. The summed E-state index contributed by atoms with van der Waals surface area (Å²) in [5.74, 6) is 0. The van der Waals surface area contributed by atoms with Crippen LogP contribution >= 0.6 is 28.4 Å². The largest absolute Gasteiger partial charge is 0.188 e. The SMILES string of the molecule is CC(C)(C)S(C)(C)I. The van der Waals surface area contributed by atoms with Crippen LogP contribution in [-0.4, -0.2) is 17.3 Å². The van der Waals surface area contributed by atoms with E-state index in [9.17, 15) is 0 Å². The molecule has 0 heterocycles. The zero-order valence-corrected chi connectivity index (χ0v) is 9.26. The molecule has 0 aromatic carbocycles. The lowest BCUT2D eigenvalue weighted by Crippen LogP contribution is -2.17. The highest BCUT2D eigenvalue weighted by molar-refractivity contribution is 14.2. The van der Waals surface area contributed by atoms with Gasteiger partial charge in [-0.25, -0.2) is 0 Å². The Kier molecular flexibility index (Phi) is 2.69. The minimum absolute atomic E-state index is 0.370. The van der Waals surface area contributed by atoms with Crippen molar-refractivity contribution in [3.8, 4) is 0 Å². The van der Waals surface area contributed by atoms with Crippen molar-refractivity contribution in [3.63, 3.8) is 0 Å². The first-order valence-corrected chi connectivity index (χ1v) is 7.67. The second-order valence-corrected chi connectivity index (χ2v) is 13.5. The molecule has 52 valence electrons. The minimum Gasteiger partial charge on any atom is -0.188 e. The lowest BCUT2D eigenvalue weighted by atomic mass is 10.3. The van der Waals surface area contributed by atoms with Gasteiger partial charge in [0.1, 0.15) is 0 Å². The van der Waals surface area contributed by atoms with Crippen LogP contribution in [0.5, 0.6) is 0 Å². The highest BCUT2D eigenvalue weighted by Crippen LogP contribution is 2.59. The van der Waals surface area contributed by atoms with Gasteiger partial charge in [-0.15, -0.1) is 0 Å². The predicted molar refractivity (Wildman–Crippen MR) is 53.2 cm³/mol. The molecular weight excluding hydrogens is 231 g/mol. The lowest BCUT2D eigenvalue weighted by molar-refractivity contribution is 0.798. The van der Waals surface area contributed by atoms with E-state index in [-0.39, 0.29) is 7.20 Å². The fourth-order valence-electron chi connectivity index (χ4n) is 0. The first-order valence-electron chi connectivity index (χ1n) is 2.67. The minimum atomic E-state index is -0.370. The molecule has 8 heavy (non-hydrogen) atoms. The van der Waals surface area contributed by atoms with E-state index in [1.807, 2.05) is 0 Å². The van der Waals surface area contributed by atoms with Gasteiger partial charge in [0.15, 0.2) is 0 Å². The third-order valence-corrected chi connectivity index (χ3v) is 8.33. The fraction of sp³-hybridized carbons (Fsp3) is 1.00. The van der Waals surface area contributed by atoms with Crippen LogP contribution in [0.15, 0.2) is 0 Å². The van der Waals surface area contributed by atoms with Gasteiger partial charge >= 0.3 is 0 Å². The van der Waals surface area contributed by atoms with Crippen LogP contribution < -0.4 is 0 Å². The summed E-state index contributed by atoms with van der Waals surface area (Å²) in [4.78, 5) is 0. The van der Waals surface area contributed by atoms with E-state index in [1.165, 1.54) is 0 Å². The van der Waals surface area contributed by atoms with Gasteiger partial charge < -0.3 is 0 Å². The van der Waals surface area contributed by atoms with Gasteiger partial charge in [-0.2, -0.15) is 7.20 Å². The summed E-state index contributed by atoms with van der Waals surface area (Å²) >= 11 is 2.57. The van der Waals surface area contributed by atoms with E-state index in [0.29, 0.717) is 4.75 Å². The molecule has 0 amide bonds. The normalized spacial score (nSPS) is 16.2. The molecule has 0 unspecified atom stereocenters. The van der Waals surface area contributed by atoms with Crippen LogP contribution in [-0.2, 0) is 0 Å². The van der Waals surface area contributed by atoms with Crippen LogP contribution in [0.1, 0.15) is 20.8 Å². The fourth-order valence-corrected chi connectivity index (χ4v) is 0. The van der Waals surface area contributed by atoms with Crippen LogP contribution in [0.3, 0.4) is 0 Å². The van der Waals surface area contributed by atoms with E-state index in [2.05, 4.69) is 54.5 Å². The summed E-state index contributed by atoms with van der Waals surface area (Å²) in [6.45, 7) is 6.90. The molecule has 0 fully saturated rings. The van der Waals surface area contributed by atoms with Crippen molar-refractivity contribution < 1.29 is 0 Å².